The lowest BCUT2D eigenvalue weighted by atomic mass is 10.1. The second-order valence-corrected chi connectivity index (χ2v) is 2.65. The van der Waals surface area contributed by atoms with E-state index in [1.54, 1.807) is 0 Å². The Kier molecular flexibility index (Phi) is 3.74. The Labute approximate surface area is 69.3 Å². The van der Waals surface area contributed by atoms with E-state index in [9.17, 15) is 0 Å². The van der Waals surface area contributed by atoms with Gasteiger partial charge in [0.1, 0.15) is 0 Å². The van der Waals surface area contributed by atoms with Gasteiger partial charge in [0.15, 0.2) is 0 Å². The zero-order chi connectivity index (χ0) is 7.94. The third-order valence-corrected chi connectivity index (χ3v) is 1.63. The van der Waals surface area contributed by atoms with Gasteiger partial charge in [-0.25, -0.2) is 0 Å². The lowest BCUT2D eigenvalue weighted by Crippen LogP contribution is -1.80. The number of benzene rings is 1. The van der Waals surface area contributed by atoms with Crippen molar-refractivity contribution in [2.24, 2.45) is 0 Å². The standard InChI is InChI=1S/C11H14/c1-2-3-5-8-11-9-6-4-7-10-11/h4,6-7,9-10H,2-3,5H2,1H3. The molecule has 0 nitrogen and oxygen atoms in total. The molecule has 58 valence electrons. The van der Waals surface area contributed by atoms with Crippen molar-refractivity contribution >= 4 is 0 Å². The smallest absolute Gasteiger partial charge is 0.0164 e. The monoisotopic (exact) mass is 146 g/mol. The molecule has 0 N–H and O–H groups in total. The van der Waals surface area contributed by atoms with E-state index in [4.69, 9.17) is 0 Å². The molecular formula is C11H14. The topological polar surface area (TPSA) is 0 Å². The molecule has 1 aromatic rings. The summed E-state index contributed by atoms with van der Waals surface area (Å²) in [6.45, 7) is 2.20. The molecule has 0 saturated carbocycles. The third kappa shape index (κ3) is 3.22. The number of hydrogen-bond acceptors (Lipinski definition) is 0. The van der Waals surface area contributed by atoms with Crippen LogP contribution in [0.5, 0.6) is 0 Å². The minimum atomic E-state index is 1.08. The lowest BCUT2D eigenvalue weighted by Gasteiger charge is -1.97. The van der Waals surface area contributed by atoms with Crippen LogP contribution in [0.15, 0.2) is 30.3 Å². The van der Waals surface area contributed by atoms with Crippen molar-refractivity contribution < 1.29 is 0 Å². The van der Waals surface area contributed by atoms with Crippen LogP contribution in [0.25, 0.3) is 0 Å². The van der Waals surface area contributed by atoms with E-state index in [-0.39, 0.29) is 0 Å². The van der Waals surface area contributed by atoms with Gasteiger partial charge in [-0.05, 0) is 12.0 Å². The predicted octanol–water partition coefficient (Wildman–Crippen LogP) is 3.31. The molecule has 0 aliphatic carbocycles. The van der Waals surface area contributed by atoms with Crippen molar-refractivity contribution in [3.63, 3.8) is 0 Å². The fraction of sp³-hybridized carbons (Fsp3) is 0.364. The second kappa shape index (κ2) is 4.95. The molecule has 11 heavy (non-hydrogen) atoms. The van der Waals surface area contributed by atoms with Gasteiger partial charge in [-0.3, -0.25) is 0 Å². The van der Waals surface area contributed by atoms with Crippen LogP contribution in [-0.4, -0.2) is 0 Å². The first kappa shape index (κ1) is 8.32. The Balaban J connectivity index is 2.28. The van der Waals surface area contributed by atoms with Gasteiger partial charge < -0.3 is 0 Å². The normalized spacial score (nSPS) is 9.91. The molecule has 0 amide bonds. The van der Waals surface area contributed by atoms with Gasteiger partial charge >= 0.3 is 0 Å². The Morgan fingerprint density at radius 3 is 2.55 bits per heavy atom. The fourth-order valence-electron chi connectivity index (χ4n) is 0.966. The molecule has 0 saturated heterocycles. The van der Waals surface area contributed by atoms with Crippen LogP contribution in [0.2, 0.25) is 0 Å². The maximum absolute atomic E-state index is 3.35. The van der Waals surface area contributed by atoms with E-state index in [1.807, 2.05) is 18.2 Å². The average Bonchev–Trinajstić information content (AvgIpc) is 2.07. The molecule has 0 aromatic heterocycles. The zero-order valence-corrected chi connectivity index (χ0v) is 7.01. The van der Waals surface area contributed by atoms with E-state index in [2.05, 4.69) is 25.5 Å². The molecule has 0 fully saturated rings. The highest BCUT2D eigenvalue weighted by Gasteiger charge is 1.90. The van der Waals surface area contributed by atoms with E-state index in [0.29, 0.717) is 0 Å². The van der Waals surface area contributed by atoms with E-state index < -0.39 is 0 Å². The second-order valence-electron chi connectivity index (χ2n) is 2.65. The van der Waals surface area contributed by atoms with Gasteiger partial charge in [0.2, 0.25) is 0 Å². The molecule has 0 heterocycles. The highest BCUT2D eigenvalue weighted by atomic mass is 13.9. The van der Waals surface area contributed by atoms with Gasteiger partial charge in [0.25, 0.3) is 0 Å². The number of rotatable bonds is 4. The predicted molar refractivity (Wildman–Crippen MR) is 48.3 cm³/mol. The molecule has 0 bridgehead atoms. The maximum Gasteiger partial charge on any atom is 0.0164 e. The Morgan fingerprint density at radius 2 is 1.91 bits per heavy atom. The van der Waals surface area contributed by atoms with Crippen molar-refractivity contribution in [2.45, 2.75) is 26.2 Å². The third-order valence-electron chi connectivity index (χ3n) is 1.63. The van der Waals surface area contributed by atoms with Gasteiger partial charge in [0, 0.05) is 6.42 Å². The Hall–Kier alpha value is -0.780. The number of hydrogen-bond donors (Lipinski definition) is 0. The van der Waals surface area contributed by atoms with Crippen LogP contribution in [0.3, 0.4) is 0 Å². The van der Waals surface area contributed by atoms with E-state index >= 15 is 0 Å². The van der Waals surface area contributed by atoms with Crippen LogP contribution in [-0.2, 0) is 0 Å². The molecule has 0 spiro atoms. The highest BCUT2D eigenvalue weighted by Crippen LogP contribution is 2.07. The van der Waals surface area contributed by atoms with Gasteiger partial charge in [-0.15, -0.1) is 0 Å². The summed E-state index contributed by atoms with van der Waals surface area (Å²) in [5.74, 6) is 0. The molecule has 1 aromatic carbocycles. The van der Waals surface area contributed by atoms with Crippen LogP contribution in [0.4, 0.5) is 0 Å². The minimum Gasteiger partial charge on any atom is -0.0654 e. The van der Waals surface area contributed by atoms with Gasteiger partial charge in [-0.1, -0.05) is 50.1 Å². The van der Waals surface area contributed by atoms with Crippen molar-refractivity contribution in [2.75, 3.05) is 0 Å². The van der Waals surface area contributed by atoms with E-state index in [1.165, 1.54) is 18.4 Å². The van der Waals surface area contributed by atoms with Crippen molar-refractivity contribution in [3.8, 4) is 0 Å². The van der Waals surface area contributed by atoms with Crippen LogP contribution in [0.1, 0.15) is 31.7 Å². The molecule has 0 aliphatic rings. The van der Waals surface area contributed by atoms with E-state index in [0.717, 1.165) is 6.42 Å². The molecule has 2 radical (unpaired) electrons. The summed E-state index contributed by atoms with van der Waals surface area (Å²) in [6.07, 6.45) is 6.92. The molecular weight excluding hydrogens is 132 g/mol. The largest absolute Gasteiger partial charge is 0.0654 e. The lowest BCUT2D eigenvalue weighted by molar-refractivity contribution is 0.791. The average molecular weight is 146 g/mol. The molecule has 0 heteroatoms. The SMILES string of the molecule is CCCC[C]c1ccccc1. The van der Waals surface area contributed by atoms with Crippen LogP contribution >= 0.6 is 0 Å². The summed E-state index contributed by atoms with van der Waals surface area (Å²) >= 11 is 0. The maximum atomic E-state index is 3.35. The van der Waals surface area contributed by atoms with Crippen molar-refractivity contribution in [1.82, 2.24) is 0 Å². The molecule has 0 unspecified atom stereocenters. The first-order valence-corrected chi connectivity index (χ1v) is 4.22. The first-order valence-electron chi connectivity index (χ1n) is 4.22. The van der Waals surface area contributed by atoms with Crippen LogP contribution < -0.4 is 0 Å². The fourth-order valence-corrected chi connectivity index (χ4v) is 0.966. The summed E-state index contributed by atoms with van der Waals surface area (Å²) in [5, 5.41) is 0. The number of unbranched alkanes of at least 4 members (excludes halogenated alkanes) is 2. The summed E-state index contributed by atoms with van der Waals surface area (Å²) in [6, 6.07) is 10.3. The van der Waals surface area contributed by atoms with Crippen LogP contribution in [0, 0.1) is 6.42 Å². The minimum absolute atomic E-state index is 1.08. The quantitative estimate of drug-likeness (QED) is 0.572. The van der Waals surface area contributed by atoms with Gasteiger partial charge in [0.05, 0.1) is 0 Å². The summed E-state index contributed by atoms with van der Waals surface area (Å²) < 4.78 is 0. The summed E-state index contributed by atoms with van der Waals surface area (Å²) in [7, 11) is 0. The molecule has 0 atom stereocenters. The molecule has 1 rings (SSSR count). The Bertz CT molecular complexity index is 176. The summed E-state index contributed by atoms with van der Waals surface area (Å²) in [5.41, 5.74) is 1.22. The first-order chi connectivity index (χ1) is 5.43. The Morgan fingerprint density at radius 1 is 1.18 bits per heavy atom. The van der Waals surface area contributed by atoms with Gasteiger partial charge in [-0.2, -0.15) is 0 Å². The highest BCUT2D eigenvalue weighted by molar-refractivity contribution is 5.21. The molecule has 0 aliphatic heterocycles. The van der Waals surface area contributed by atoms with Crippen molar-refractivity contribution in [1.29, 1.82) is 0 Å². The zero-order valence-electron chi connectivity index (χ0n) is 7.01. The van der Waals surface area contributed by atoms with Crippen molar-refractivity contribution in [3.05, 3.63) is 42.3 Å². The summed E-state index contributed by atoms with van der Waals surface area (Å²) in [4.78, 5) is 0.